The van der Waals surface area contributed by atoms with Gasteiger partial charge >= 0.3 is 0 Å². The first-order valence-electron chi connectivity index (χ1n) is 7.61. The monoisotopic (exact) mass is 346 g/mol. The van der Waals surface area contributed by atoms with Crippen LogP contribution in [-0.4, -0.2) is 44.4 Å². The molecular formula is C16H18N4O3S. The van der Waals surface area contributed by atoms with Crippen LogP contribution >= 0.6 is 12.2 Å². The first kappa shape index (κ1) is 16.5. The van der Waals surface area contributed by atoms with Gasteiger partial charge in [0.2, 0.25) is 17.7 Å². The number of fused-ring (bicyclic) bond motifs is 1. The van der Waals surface area contributed by atoms with Gasteiger partial charge in [-0.2, -0.15) is 5.01 Å². The van der Waals surface area contributed by atoms with Gasteiger partial charge < -0.3 is 5.32 Å². The van der Waals surface area contributed by atoms with Crippen molar-refractivity contribution >= 4 is 35.1 Å². The molecule has 24 heavy (non-hydrogen) atoms. The van der Waals surface area contributed by atoms with Gasteiger partial charge in [-0.3, -0.25) is 19.7 Å². The number of nitrogens with zero attached hydrogens (tertiary/aromatic N) is 2. The highest BCUT2D eigenvalue weighted by Crippen LogP contribution is 2.32. The molecule has 1 aromatic carbocycles. The fraction of sp³-hybridized carbons (Fsp3) is 0.375. The lowest BCUT2D eigenvalue weighted by atomic mass is 10.00. The van der Waals surface area contributed by atoms with Gasteiger partial charge in [-0.05, 0) is 31.6 Å². The van der Waals surface area contributed by atoms with Crippen LogP contribution in [0.25, 0.3) is 0 Å². The smallest absolute Gasteiger partial charge is 0.248 e. The van der Waals surface area contributed by atoms with Crippen molar-refractivity contribution in [2.24, 2.45) is 0 Å². The van der Waals surface area contributed by atoms with Crippen LogP contribution in [-0.2, 0) is 20.9 Å². The van der Waals surface area contributed by atoms with E-state index in [9.17, 15) is 14.4 Å². The van der Waals surface area contributed by atoms with Crippen LogP contribution in [0.3, 0.4) is 0 Å². The highest BCUT2D eigenvalue weighted by atomic mass is 32.1. The molecule has 2 aliphatic rings. The molecule has 0 saturated carbocycles. The molecule has 0 spiro atoms. The molecule has 0 bridgehead atoms. The van der Waals surface area contributed by atoms with E-state index in [4.69, 9.17) is 12.2 Å². The molecule has 1 aromatic rings. The second kappa shape index (κ2) is 5.95. The number of amides is 3. The Bertz CT molecular complexity index is 719. The van der Waals surface area contributed by atoms with E-state index in [0.717, 1.165) is 5.56 Å². The Morgan fingerprint density at radius 3 is 2.67 bits per heavy atom. The summed E-state index contributed by atoms with van der Waals surface area (Å²) in [7, 11) is 0. The molecule has 0 aliphatic carbocycles. The van der Waals surface area contributed by atoms with Crippen LogP contribution in [0.2, 0.25) is 0 Å². The number of nitrogens with one attached hydrogen (secondary N) is 2. The van der Waals surface area contributed by atoms with Crippen LogP contribution in [0.4, 0.5) is 0 Å². The number of hydrazine groups is 1. The van der Waals surface area contributed by atoms with Crippen LogP contribution in [0.15, 0.2) is 30.3 Å². The third-order valence-electron chi connectivity index (χ3n) is 4.27. The minimum absolute atomic E-state index is 0.0147. The minimum Gasteiger partial charge on any atom is -0.351 e. The molecule has 1 atom stereocenters. The summed E-state index contributed by atoms with van der Waals surface area (Å²) in [6, 6.07) is 8.71. The third kappa shape index (κ3) is 2.67. The molecule has 3 amide bonds. The maximum Gasteiger partial charge on any atom is 0.248 e. The zero-order valence-electron chi connectivity index (χ0n) is 13.4. The standard InChI is InChI=1S/C16H18N4O3S/c1-16(2)14(23)18-15(24)19-12(21)8-11(20(16)19)13(22)17-9-10-6-4-3-5-7-10/h3-7,11H,8-9H2,1-2H3,(H,17,22)(H,18,23,24)/t11-/m1/s1. The van der Waals surface area contributed by atoms with E-state index in [2.05, 4.69) is 10.6 Å². The third-order valence-corrected chi connectivity index (χ3v) is 4.54. The van der Waals surface area contributed by atoms with E-state index >= 15 is 0 Å². The molecule has 0 aromatic heterocycles. The summed E-state index contributed by atoms with van der Waals surface area (Å²) in [4.78, 5) is 37.1. The van der Waals surface area contributed by atoms with Crippen molar-refractivity contribution in [3.63, 3.8) is 0 Å². The van der Waals surface area contributed by atoms with Gasteiger partial charge in [0.1, 0.15) is 11.6 Å². The number of thiocarbonyl (C=S) groups is 1. The van der Waals surface area contributed by atoms with Gasteiger partial charge in [-0.15, -0.1) is 0 Å². The SMILES string of the molecule is CC1(C)C(=O)NC(=S)N2C(=O)C[C@H](C(=O)NCc3ccccc3)N21. The molecule has 0 unspecified atom stereocenters. The fourth-order valence-electron chi connectivity index (χ4n) is 2.96. The Morgan fingerprint density at radius 2 is 2.00 bits per heavy atom. The van der Waals surface area contributed by atoms with E-state index in [1.165, 1.54) is 10.0 Å². The van der Waals surface area contributed by atoms with Crippen molar-refractivity contribution in [3.8, 4) is 0 Å². The van der Waals surface area contributed by atoms with Crippen LogP contribution in [0, 0.1) is 0 Å². The summed E-state index contributed by atoms with van der Waals surface area (Å²) in [5.41, 5.74) is -0.0957. The van der Waals surface area contributed by atoms with Crippen molar-refractivity contribution in [1.82, 2.24) is 20.7 Å². The first-order chi connectivity index (χ1) is 11.3. The molecule has 7 nitrogen and oxygen atoms in total. The molecule has 0 radical (unpaired) electrons. The summed E-state index contributed by atoms with van der Waals surface area (Å²) in [6.07, 6.45) is -0.0147. The van der Waals surface area contributed by atoms with Crippen molar-refractivity contribution < 1.29 is 14.4 Å². The number of carbonyl (C=O) groups is 3. The van der Waals surface area contributed by atoms with Gasteiger partial charge in [0.05, 0.1) is 6.42 Å². The van der Waals surface area contributed by atoms with Crippen LogP contribution in [0.5, 0.6) is 0 Å². The van der Waals surface area contributed by atoms with Crippen molar-refractivity contribution in [2.45, 2.75) is 38.4 Å². The summed E-state index contributed by atoms with van der Waals surface area (Å²) >= 11 is 5.08. The average Bonchev–Trinajstić information content (AvgIpc) is 2.91. The normalized spacial score (nSPS) is 23.0. The number of benzene rings is 1. The van der Waals surface area contributed by atoms with Gasteiger partial charge in [0, 0.05) is 6.54 Å². The molecule has 2 heterocycles. The molecular weight excluding hydrogens is 328 g/mol. The number of carbonyl (C=O) groups excluding carboxylic acids is 3. The van der Waals surface area contributed by atoms with Crippen LogP contribution in [0.1, 0.15) is 25.8 Å². The number of hydrogen-bond donors (Lipinski definition) is 2. The Labute approximate surface area is 145 Å². The molecule has 126 valence electrons. The molecule has 3 rings (SSSR count). The molecule has 8 heteroatoms. The summed E-state index contributed by atoms with van der Waals surface area (Å²) in [5.74, 6) is -0.937. The maximum absolute atomic E-state index is 12.6. The Kier molecular flexibility index (Phi) is 4.10. The lowest BCUT2D eigenvalue weighted by Gasteiger charge is -2.45. The predicted molar refractivity (Wildman–Crippen MR) is 90.2 cm³/mol. The second-order valence-electron chi connectivity index (χ2n) is 6.29. The Hall–Kier alpha value is -2.32. The molecule has 2 saturated heterocycles. The molecule has 2 fully saturated rings. The van der Waals surface area contributed by atoms with E-state index in [0.29, 0.717) is 6.54 Å². The van der Waals surface area contributed by atoms with E-state index in [-0.39, 0.29) is 29.3 Å². The lowest BCUT2D eigenvalue weighted by Crippen LogP contribution is -2.71. The predicted octanol–water partition coefficient (Wildman–Crippen LogP) is 0.314. The lowest BCUT2D eigenvalue weighted by molar-refractivity contribution is -0.155. The number of rotatable bonds is 3. The van der Waals surface area contributed by atoms with Gasteiger partial charge in [0.15, 0.2) is 5.11 Å². The summed E-state index contributed by atoms with van der Waals surface area (Å²) in [5, 5.41) is 8.07. The van der Waals surface area contributed by atoms with E-state index in [1.807, 2.05) is 30.3 Å². The largest absolute Gasteiger partial charge is 0.351 e. The van der Waals surface area contributed by atoms with Gasteiger partial charge in [-0.1, -0.05) is 30.3 Å². The zero-order valence-corrected chi connectivity index (χ0v) is 14.2. The minimum atomic E-state index is -1.05. The highest BCUT2D eigenvalue weighted by Gasteiger charge is 2.56. The van der Waals surface area contributed by atoms with Crippen molar-refractivity contribution in [3.05, 3.63) is 35.9 Å². The second-order valence-corrected chi connectivity index (χ2v) is 6.68. The van der Waals surface area contributed by atoms with E-state index in [1.54, 1.807) is 13.8 Å². The zero-order chi connectivity index (χ0) is 17.5. The highest BCUT2D eigenvalue weighted by molar-refractivity contribution is 7.80. The summed E-state index contributed by atoms with van der Waals surface area (Å²) in [6.45, 7) is 3.68. The number of hydrogen-bond acceptors (Lipinski definition) is 5. The fourth-order valence-corrected chi connectivity index (χ4v) is 3.24. The maximum atomic E-state index is 12.6. The van der Waals surface area contributed by atoms with Crippen LogP contribution < -0.4 is 10.6 Å². The topological polar surface area (TPSA) is 81.8 Å². The Morgan fingerprint density at radius 1 is 1.33 bits per heavy atom. The first-order valence-corrected chi connectivity index (χ1v) is 8.02. The van der Waals surface area contributed by atoms with E-state index < -0.39 is 11.6 Å². The molecule has 2 N–H and O–H groups in total. The van der Waals surface area contributed by atoms with Gasteiger partial charge in [0.25, 0.3) is 0 Å². The van der Waals surface area contributed by atoms with Gasteiger partial charge in [-0.25, -0.2) is 5.01 Å². The van der Waals surface area contributed by atoms with Crippen molar-refractivity contribution in [2.75, 3.05) is 0 Å². The molecule has 2 aliphatic heterocycles. The Balaban J connectivity index is 1.80. The van der Waals surface area contributed by atoms with Crippen molar-refractivity contribution in [1.29, 1.82) is 0 Å². The quantitative estimate of drug-likeness (QED) is 0.770. The summed E-state index contributed by atoms with van der Waals surface area (Å²) < 4.78 is 0. The average molecular weight is 346 g/mol.